The third kappa shape index (κ3) is 4.82. The van der Waals surface area contributed by atoms with Crippen LogP contribution in [0.5, 0.6) is 0 Å². The molecule has 0 spiro atoms. The van der Waals surface area contributed by atoms with Gasteiger partial charge in [-0.2, -0.15) is 11.8 Å². The maximum Gasteiger partial charge on any atom is 0.147 e. The van der Waals surface area contributed by atoms with Crippen LogP contribution in [0.15, 0.2) is 12.4 Å². The van der Waals surface area contributed by atoms with E-state index in [4.69, 9.17) is 0 Å². The fraction of sp³-hybridized carbons (Fsp3) is 0.692. The molecule has 1 aromatic rings. The molecule has 4 nitrogen and oxygen atoms in total. The fourth-order valence-electron chi connectivity index (χ4n) is 1.58. The highest BCUT2D eigenvalue weighted by atomic mass is 32.2. The lowest BCUT2D eigenvalue weighted by atomic mass is 10.2. The van der Waals surface area contributed by atoms with Crippen molar-refractivity contribution in [3.05, 3.63) is 18.1 Å². The molecule has 0 aliphatic rings. The quantitative estimate of drug-likeness (QED) is 0.782. The van der Waals surface area contributed by atoms with Crippen molar-refractivity contribution in [2.24, 2.45) is 0 Å². The Hall–Kier alpha value is -0.810. The first-order chi connectivity index (χ1) is 8.69. The van der Waals surface area contributed by atoms with Gasteiger partial charge in [-0.05, 0) is 31.9 Å². The molecule has 1 N–H and O–H groups in total. The summed E-state index contributed by atoms with van der Waals surface area (Å²) in [5.74, 6) is 2.13. The zero-order chi connectivity index (χ0) is 13.4. The van der Waals surface area contributed by atoms with Crippen molar-refractivity contribution in [3.8, 4) is 0 Å². The lowest BCUT2D eigenvalue weighted by Gasteiger charge is -2.25. The van der Waals surface area contributed by atoms with Gasteiger partial charge in [0.2, 0.25) is 0 Å². The van der Waals surface area contributed by atoms with Crippen LogP contribution in [0.1, 0.15) is 26.0 Å². The van der Waals surface area contributed by atoms with Gasteiger partial charge in [0.15, 0.2) is 0 Å². The van der Waals surface area contributed by atoms with Crippen LogP contribution in [-0.4, -0.2) is 41.6 Å². The Morgan fingerprint density at radius 3 is 2.72 bits per heavy atom. The van der Waals surface area contributed by atoms with E-state index < -0.39 is 0 Å². The highest BCUT2D eigenvalue weighted by Gasteiger charge is 2.11. The van der Waals surface area contributed by atoms with Gasteiger partial charge in [0, 0.05) is 19.6 Å². The second kappa shape index (κ2) is 8.32. The molecule has 0 aliphatic carbocycles. The minimum absolute atomic E-state index is 0.492. The van der Waals surface area contributed by atoms with Crippen molar-refractivity contribution in [1.29, 1.82) is 0 Å². The van der Waals surface area contributed by atoms with E-state index in [1.165, 1.54) is 12.2 Å². The van der Waals surface area contributed by atoms with E-state index >= 15 is 0 Å². The number of anilines is 1. The minimum Gasteiger partial charge on any atom is -0.356 e. The molecule has 1 unspecified atom stereocenters. The van der Waals surface area contributed by atoms with E-state index in [9.17, 15) is 0 Å². The third-order valence-corrected chi connectivity index (χ3v) is 3.65. The summed E-state index contributed by atoms with van der Waals surface area (Å²) in [6.45, 7) is 6.05. The van der Waals surface area contributed by atoms with Gasteiger partial charge in [-0.3, -0.25) is 4.98 Å². The Morgan fingerprint density at radius 1 is 1.39 bits per heavy atom. The Bertz CT molecular complexity index is 328. The van der Waals surface area contributed by atoms with Gasteiger partial charge in [0.1, 0.15) is 5.82 Å². The van der Waals surface area contributed by atoms with Gasteiger partial charge in [0.25, 0.3) is 0 Å². The van der Waals surface area contributed by atoms with E-state index in [1.807, 2.05) is 24.2 Å². The molecule has 0 fully saturated rings. The highest BCUT2D eigenvalue weighted by molar-refractivity contribution is 7.98. The molecule has 0 aromatic carbocycles. The molecule has 1 atom stereocenters. The zero-order valence-electron chi connectivity index (χ0n) is 11.8. The van der Waals surface area contributed by atoms with Gasteiger partial charge in [0.05, 0.1) is 18.1 Å². The second-order valence-electron chi connectivity index (χ2n) is 4.39. The summed E-state index contributed by atoms with van der Waals surface area (Å²) >= 11 is 1.88. The van der Waals surface area contributed by atoms with Crippen LogP contribution in [0.2, 0.25) is 0 Å². The summed E-state index contributed by atoms with van der Waals surface area (Å²) in [5.41, 5.74) is 0.991. The molecular formula is C13H24N4S. The SMILES string of the molecule is CCNCc1cnc(N(C)C(C)CCSC)cn1. The Balaban J connectivity index is 2.55. The van der Waals surface area contributed by atoms with E-state index in [-0.39, 0.29) is 0 Å². The minimum atomic E-state index is 0.492. The molecule has 18 heavy (non-hydrogen) atoms. The average Bonchev–Trinajstić information content (AvgIpc) is 2.42. The molecule has 0 amide bonds. The van der Waals surface area contributed by atoms with Crippen LogP contribution in [0.3, 0.4) is 0 Å². The van der Waals surface area contributed by atoms with Crippen molar-refractivity contribution in [2.45, 2.75) is 32.9 Å². The van der Waals surface area contributed by atoms with E-state index in [0.717, 1.165) is 24.6 Å². The Morgan fingerprint density at radius 2 is 2.17 bits per heavy atom. The molecule has 0 saturated heterocycles. The molecule has 0 saturated carbocycles. The summed E-state index contributed by atoms with van der Waals surface area (Å²) < 4.78 is 0. The smallest absolute Gasteiger partial charge is 0.147 e. The summed E-state index contributed by atoms with van der Waals surface area (Å²) in [6.07, 6.45) is 7.03. The molecule has 0 aliphatic heterocycles. The maximum atomic E-state index is 4.48. The van der Waals surface area contributed by atoms with Crippen molar-refractivity contribution in [1.82, 2.24) is 15.3 Å². The first-order valence-corrected chi connectivity index (χ1v) is 7.81. The van der Waals surface area contributed by atoms with Gasteiger partial charge in [-0.15, -0.1) is 0 Å². The van der Waals surface area contributed by atoms with Crippen molar-refractivity contribution < 1.29 is 0 Å². The lowest BCUT2D eigenvalue weighted by Crippen LogP contribution is -2.30. The van der Waals surface area contributed by atoms with Gasteiger partial charge in [-0.25, -0.2) is 4.98 Å². The number of rotatable bonds is 8. The van der Waals surface area contributed by atoms with E-state index in [2.05, 4.69) is 47.3 Å². The van der Waals surface area contributed by atoms with Gasteiger partial charge in [-0.1, -0.05) is 6.92 Å². The van der Waals surface area contributed by atoms with Crippen LogP contribution >= 0.6 is 11.8 Å². The van der Waals surface area contributed by atoms with Gasteiger partial charge < -0.3 is 10.2 Å². The predicted octanol–water partition coefficient (Wildman–Crippen LogP) is 2.16. The first-order valence-electron chi connectivity index (χ1n) is 6.42. The standard InChI is InChI=1S/C13H24N4S/c1-5-14-8-12-9-16-13(10-15-12)17(3)11(2)6-7-18-4/h9-11,14H,5-8H2,1-4H3. The molecular weight excluding hydrogens is 244 g/mol. The summed E-state index contributed by atoms with van der Waals surface area (Å²) in [7, 11) is 2.08. The second-order valence-corrected chi connectivity index (χ2v) is 5.37. The topological polar surface area (TPSA) is 41.1 Å². The van der Waals surface area contributed by atoms with Crippen LogP contribution in [0.25, 0.3) is 0 Å². The number of nitrogens with one attached hydrogen (secondary N) is 1. The average molecular weight is 268 g/mol. The lowest BCUT2D eigenvalue weighted by molar-refractivity contribution is 0.657. The molecule has 1 rings (SSSR count). The number of aromatic nitrogens is 2. The molecule has 5 heteroatoms. The predicted molar refractivity (Wildman–Crippen MR) is 80.3 cm³/mol. The fourth-order valence-corrected chi connectivity index (χ4v) is 2.16. The molecule has 1 heterocycles. The normalized spacial score (nSPS) is 12.4. The van der Waals surface area contributed by atoms with Gasteiger partial charge >= 0.3 is 0 Å². The maximum absolute atomic E-state index is 4.48. The van der Waals surface area contributed by atoms with Crippen molar-refractivity contribution >= 4 is 17.6 Å². The van der Waals surface area contributed by atoms with Crippen LogP contribution in [0.4, 0.5) is 5.82 Å². The van der Waals surface area contributed by atoms with Crippen molar-refractivity contribution in [3.63, 3.8) is 0 Å². The molecule has 0 radical (unpaired) electrons. The first kappa shape index (κ1) is 15.2. The monoisotopic (exact) mass is 268 g/mol. The summed E-state index contributed by atoms with van der Waals surface area (Å²) in [5, 5.41) is 3.25. The number of nitrogens with zero attached hydrogens (tertiary/aromatic N) is 3. The number of thioether (sulfide) groups is 1. The van der Waals surface area contributed by atoms with E-state index in [0.29, 0.717) is 6.04 Å². The van der Waals surface area contributed by atoms with Crippen LogP contribution in [-0.2, 0) is 6.54 Å². The largest absolute Gasteiger partial charge is 0.356 e. The summed E-state index contributed by atoms with van der Waals surface area (Å²) in [4.78, 5) is 11.1. The van der Waals surface area contributed by atoms with E-state index in [1.54, 1.807) is 0 Å². The number of hydrogen-bond donors (Lipinski definition) is 1. The van der Waals surface area contributed by atoms with Crippen LogP contribution < -0.4 is 10.2 Å². The Kier molecular flexibility index (Phi) is 7.05. The van der Waals surface area contributed by atoms with Crippen LogP contribution in [0, 0.1) is 0 Å². The molecule has 1 aromatic heterocycles. The zero-order valence-corrected chi connectivity index (χ0v) is 12.6. The molecule has 102 valence electrons. The third-order valence-electron chi connectivity index (χ3n) is 3.01. The number of hydrogen-bond acceptors (Lipinski definition) is 5. The Labute approximate surface area is 115 Å². The highest BCUT2D eigenvalue weighted by Crippen LogP contribution is 2.13. The van der Waals surface area contributed by atoms with Crippen molar-refractivity contribution in [2.75, 3.05) is 30.5 Å². The molecule has 0 bridgehead atoms. The summed E-state index contributed by atoms with van der Waals surface area (Å²) in [6, 6.07) is 0.492.